The van der Waals surface area contributed by atoms with E-state index in [2.05, 4.69) is 22.2 Å². The third-order valence-electron chi connectivity index (χ3n) is 2.98. The van der Waals surface area contributed by atoms with E-state index in [9.17, 15) is 4.79 Å². The molecule has 106 valence electrons. The maximum Gasteiger partial charge on any atom is 0.312 e. The molecule has 1 aromatic heterocycles. The van der Waals surface area contributed by atoms with Crippen LogP contribution in [-0.2, 0) is 0 Å². The van der Waals surface area contributed by atoms with Gasteiger partial charge in [0.05, 0.1) is 5.52 Å². The van der Waals surface area contributed by atoms with E-state index in [1.165, 1.54) is 0 Å². The number of amides is 1. The van der Waals surface area contributed by atoms with Gasteiger partial charge in [0.25, 0.3) is 0 Å². The second-order valence-corrected chi connectivity index (χ2v) is 4.49. The highest BCUT2D eigenvalue weighted by Crippen LogP contribution is 2.20. The van der Waals surface area contributed by atoms with Gasteiger partial charge in [-0.2, -0.15) is 0 Å². The minimum Gasteiger partial charge on any atom is -0.369 e. The second kappa shape index (κ2) is 6.81. The zero-order valence-electron chi connectivity index (χ0n) is 11.4. The first-order chi connectivity index (χ1) is 9.76. The molecule has 0 radical (unpaired) electrons. The number of carbonyl (C=O) groups is 1. The number of nitrogens with one attached hydrogen (secondary N) is 2. The fourth-order valence-corrected chi connectivity index (χ4v) is 1.94. The van der Waals surface area contributed by atoms with Crippen molar-refractivity contribution in [2.75, 3.05) is 11.9 Å². The lowest BCUT2D eigenvalue weighted by Crippen LogP contribution is -2.22. The van der Waals surface area contributed by atoms with Crippen LogP contribution in [0.25, 0.3) is 10.9 Å². The average Bonchev–Trinajstić information content (AvgIpc) is 2.50. The third kappa shape index (κ3) is 3.21. The lowest BCUT2D eigenvalue weighted by Gasteiger charge is -2.09. The Balaban J connectivity index is 2.31. The molecule has 0 saturated heterocycles. The molecule has 0 unspecified atom stereocenters. The lowest BCUT2D eigenvalue weighted by atomic mass is 10.2. The molecule has 3 N–H and O–H groups in total. The fourth-order valence-electron chi connectivity index (χ4n) is 1.94. The topological polar surface area (TPSA) is 87.1 Å². The molecule has 0 aliphatic heterocycles. The van der Waals surface area contributed by atoms with Crippen molar-refractivity contribution < 1.29 is 10.0 Å². The molecular formula is C14H18N4O2. The van der Waals surface area contributed by atoms with E-state index in [0.717, 1.165) is 31.2 Å². The number of unbranched alkanes of at least 4 members (excludes halogenated alkanes) is 2. The average molecular weight is 274 g/mol. The number of para-hydroxylation sites is 1. The lowest BCUT2D eigenvalue weighted by molar-refractivity contribution is 0.0695. The number of anilines is 1. The smallest absolute Gasteiger partial charge is 0.312 e. The fraction of sp³-hybridized carbons (Fsp3) is 0.357. The molecule has 2 rings (SSSR count). The summed E-state index contributed by atoms with van der Waals surface area (Å²) in [6.45, 7) is 2.93. The first-order valence-electron chi connectivity index (χ1n) is 6.71. The Hall–Kier alpha value is -2.21. The van der Waals surface area contributed by atoms with Gasteiger partial charge in [-0.3, -0.25) is 10.0 Å². The number of fused-ring (bicyclic) bond motifs is 1. The SMILES string of the molecule is CCCCCNc1nc(C(=O)NO)nc2ccccc12. The van der Waals surface area contributed by atoms with Gasteiger partial charge in [-0.15, -0.1) is 0 Å². The summed E-state index contributed by atoms with van der Waals surface area (Å²) in [7, 11) is 0. The molecule has 0 saturated carbocycles. The molecule has 2 aromatic rings. The maximum atomic E-state index is 11.5. The number of aromatic nitrogens is 2. The summed E-state index contributed by atoms with van der Waals surface area (Å²) < 4.78 is 0. The summed E-state index contributed by atoms with van der Waals surface area (Å²) in [4.78, 5) is 19.8. The van der Waals surface area contributed by atoms with Gasteiger partial charge >= 0.3 is 5.91 Å². The van der Waals surface area contributed by atoms with Gasteiger partial charge in [-0.05, 0) is 18.6 Å². The molecule has 1 heterocycles. The molecule has 0 aliphatic carbocycles. The van der Waals surface area contributed by atoms with Gasteiger partial charge < -0.3 is 5.32 Å². The number of hydrogen-bond acceptors (Lipinski definition) is 5. The Morgan fingerprint density at radius 2 is 2.05 bits per heavy atom. The molecule has 0 atom stereocenters. The minimum atomic E-state index is -0.715. The van der Waals surface area contributed by atoms with Gasteiger partial charge in [-0.1, -0.05) is 31.9 Å². The Labute approximate surface area is 117 Å². The number of hydroxylamine groups is 1. The molecule has 1 amide bonds. The minimum absolute atomic E-state index is 0.0517. The number of carbonyl (C=O) groups excluding carboxylic acids is 1. The first kappa shape index (κ1) is 14.2. The van der Waals surface area contributed by atoms with Gasteiger partial charge in [0.2, 0.25) is 5.82 Å². The van der Waals surface area contributed by atoms with Crippen molar-refractivity contribution in [2.24, 2.45) is 0 Å². The van der Waals surface area contributed by atoms with E-state index >= 15 is 0 Å². The van der Waals surface area contributed by atoms with Crippen molar-refractivity contribution in [3.63, 3.8) is 0 Å². The van der Waals surface area contributed by atoms with Crippen molar-refractivity contribution in [2.45, 2.75) is 26.2 Å². The van der Waals surface area contributed by atoms with Crippen LogP contribution in [0.15, 0.2) is 24.3 Å². The quantitative estimate of drug-likeness (QED) is 0.427. The van der Waals surface area contributed by atoms with Crippen LogP contribution in [0.4, 0.5) is 5.82 Å². The van der Waals surface area contributed by atoms with Gasteiger partial charge in [0.15, 0.2) is 0 Å². The molecule has 6 nitrogen and oxygen atoms in total. The molecular weight excluding hydrogens is 256 g/mol. The molecule has 0 spiro atoms. The first-order valence-corrected chi connectivity index (χ1v) is 6.71. The summed E-state index contributed by atoms with van der Waals surface area (Å²) in [5.74, 6) is -0.151. The molecule has 0 fully saturated rings. The summed E-state index contributed by atoms with van der Waals surface area (Å²) in [5, 5.41) is 12.8. The van der Waals surface area contributed by atoms with Gasteiger partial charge in [0, 0.05) is 11.9 Å². The molecule has 0 aliphatic rings. The molecule has 1 aromatic carbocycles. The van der Waals surface area contributed by atoms with Crippen LogP contribution in [0, 0.1) is 0 Å². The van der Waals surface area contributed by atoms with Gasteiger partial charge in [0.1, 0.15) is 5.82 Å². The summed E-state index contributed by atoms with van der Waals surface area (Å²) >= 11 is 0. The summed E-state index contributed by atoms with van der Waals surface area (Å²) in [6.07, 6.45) is 3.32. The molecule has 0 bridgehead atoms. The Morgan fingerprint density at radius 3 is 2.80 bits per heavy atom. The van der Waals surface area contributed by atoms with E-state index in [4.69, 9.17) is 5.21 Å². The van der Waals surface area contributed by atoms with Crippen LogP contribution >= 0.6 is 0 Å². The van der Waals surface area contributed by atoms with Crippen molar-refractivity contribution in [3.8, 4) is 0 Å². The van der Waals surface area contributed by atoms with Crippen LogP contribution in [-0.4, -0.2) is 27.6 Å². The van der Waals surface area contributed by atoms with E-state index in [1.54, 1.807) is 5.48 Å². The van der Waals surface area contributed by atoms with E-state index in [1.807, 2.05) is 24.3 Å². The normalized spacial score (nSPS) is 10.5. The van der Waals surface area contributed by atoms with Crippen LogP contribution in [0.1, 0.15) is 36.8 Å². The standard InChI is InChI=1S/C14H18N4O2/c1-2-3-6-9-15-12-10-7-4-5-8-11(10)16-13(17-12)14(19)18-20/h4-5,7-8,20H,2-3,6,9H2,1H3,(H,18,19)(H,15,16,17). The van der Waals surface area contributed by atoms with E-state index < -0.39 is 5.91 Å². The number of hydrogen-bond donors (Lipinski definition) is 3. The second-order valence-electron chi connectivity index (χ2n) is 4.49. The van der Waals surface area contributed by atoms with Crippen LogP contribution in [0.5, 0.6) is 0 Å². The number of benzene rings is 1. The van der Waals surface area contributed by atoms with Crippen molar-refractivity contribution in [1.82, 2.24) is 15.4 Å². The number of rotatable bonds is 6. The van der Waals surface area contributed by atoms with Crippen molar-refractivity contribution >= 4 is 22.6 Å². The van der Waals surface area contributed by atoms with Crippen LogP contribution in [0.2, 0.25) is 0 Å². The van der Waals surface area contributed by atoms with E-state index in [0.29, 0.717) is 11.3 Å². The van der Waals surface area contributed by atoms with Crippen molar-refractivity contribution in [3.05, 3.63) is 30.1 Å². The summed E-state index contributed by atoms with van der Waals surface area (Å²) in [5.41, 5.74) is 2.22. The highest BCUT2D eigenvalue weighted by atomic mass is 16.5. The molecule has 20 heavy (non-hydrogen) atoms. The monoisotopic (exact) mass is 274 g/mol. The zero-order valence-corrected chi connectivity index (χ0v) is 11.4. The van der Waals surface area contributed by atoms with Gasteiger partial charge in [-0.25, -0.2) is 15.4 Å². The predicted octanol–water partition coefficient (Wildman–Crippen LogP) is 2.35. The zero-order chi connectivity index (χ0) is 14.4. The molecule has 6 heteroatoms. The third-order valence-corrected chi connectivity index (χ3v) is 2.98. The van der Waals surface area contributed by atoms with Crippen LogP contribution < -0.4 is 10.8 Å². The summed E-state index contributed by atoms with van der Waals surface area (Å²) in [6, 6.07) is 7.45. The maximum absolute atomic E-state index is 11.5. The van der Waals surface area contributed by atoms with Crippen LogP contribution in [0.3, 0.4) is 0 Å². The highest BCUT2D eigenvalue weighted by Gasteiger charge is 2.12. The Morgan fingerprint density at radius 1 is 1.25 bits per heavy atom. The highest BCUT2D eigenvalue weighted by molar-refractivity contribution is 5.95. The van der Waals surface area contributed by atoms with Crippen molar-refractivity contribution in [1.29, 1.82) is 0 Å². The predicted molar refractivity (Wildman–Crippen MR) is 76.8 cm³/mol. The number of nitrogens with zero attached hydrogens (tertiary/aromatic N) is 2. The Bertz CT molecular complexity index is 601. The largest absolute Gasteiger partial charge is 0.369 e. The Kier molecular flexibility index (Phi) is 4.84. The van der Waals surface area contributed by atoms with E-state index in [-0.39, 0.29) is 5.82 Å².